The number of hydrogen-bond acceptors (Lipinski definition) is 4. The first kappa shape index (κ1) is 13.0. The van der Waals surface area contributed by atoms with E-state index in [4.69, 9.17) is 9.47 Å². The van der Waals surface area contributed by atoms with E-state index in [1.165, 1.54) is 0 Å². The minimum atomic E-state index is -0.412. The first-order chi connectivity index (χ1) is 8.79. The van der Waals surface area contributed by atoms with Crippen molar-refractivity contribution in [1.29, 1.82) is 0 Å². The van der Waals surface area contributed by atoms with Crippen molar-refractivity contribution in [1.82, 2.24) is 5.32 Å². The van der Waals surface area contributed by atoms with E-state index in [0.29, 0.717) is 19.8 Å². The van der Waals surface area contributed by atoms with Crippen LogP contribution in [0.15, 0.2) is 24.3 Å². The molecule has 1 aromatic rings. The second-order valence-corrected chi connectivity index (χ2v) is 4.19. The van der Waals surface area contributed by atoms with Crippen LogP contribution in [-0.2, 0) is 20.9 Å². The topological polar surface area (TPSA) is 59.6 Å². The number of rotatable bonds is 4. The molecule has 1 heterocycles. The number of carbonyl (C=O) groups excluding carboxylic acids is 1. The van der Waals surface area contributed by atoms with Crippen LogP contribution in [0.4, 0.5) is 5.69 Å². The van der Waals surface area contributed by atoms with E-state index >= 15 is 0 Å². The summed E-state index contributed by atoms with van der Waals surface area (Å²) in [5.74, 6) is -0.114. The number of methoxy groups -OCH3 is 1. The Hall–Kier alpha value is -1.43. The minimum absolute atomic E-state index is 0.114. The molecular weight excluding hydrogens is 232 g/mol. The summed E-state index contributed by atoms with van der Waals surface area (Å²) in [4.78, 5) is 11.9. The highest BCUT2D eigenvalue weighted by Crippen LogP contribution is 2.12. The highest BCUT2D eigenvalue weighted by atomic mass is 16.5. The monoisotopic (exact) mass is 250 g/mol. The fourth-order valence-electron chi connectivity index (χ4n) is 1.86. The van der Waals surface area contributed by atoms with Crippen molar-refractivity contribution in [3.8, 4) is 0 Å². The van der Waals surface area contributed by atoms with Crippen LogP contribution in [0.2, 0.25) is 0 Å². The van der Waals surface area contributed by atoms with Crippen molar-refractivity contribution in [2.75, 3.05) is 32.1 Å². The van der Waals surface area contributed by atoms with Gasteiger partial charge in [0.05, 0.1) is 13.2 Å². The van der Waals surface area contributed by atoms with Gasteiger partial charge in [0.15, 0.2) is 0 Å². The summed E-state index contributed by atoms with van der Waals surface area (Å²) in [7, 11) is 1.65. The molecule has 1 aliphatic heterocycles. The van der Waals surface area contributed by atoms with E-state index in [2.05, 4.69) is 10.6 Å². The Bertz CT molecular complexity index is 403. The van der Waals surface area contributed by atoms with Crippen molar-refractivity contribution in [2.24, 2.45) is 0 Å². The largest absolute Gasteiger partial charge is 0.380 e. The molecule has 5 nitrogen and oxygen atoms in total. The molecule has 1 aliphatic rings. The molecule has 0 aliphatic carbocycles. The van der Waals surface area contributed by atoms with Crippen LogP contribution in [0.25, 0.3) is 0 Å². The van der Waals surface area contributed by atoms with Gasteiger partial charge in [-0.15, -0.1) is 0 Å². The molecule has 0 aromatic heterocycles. The fourth-order valence-corrected chi connectivity index (χ4v) is 1.86. The number of carbonyl (C=O) groups is 1. The molecular formula is C13H18N2O3. The summed E-state index contributed by atoms with van der Waals surface area (Å²) >= 11 is 0. The van der Waals surface area contributed by atoms with Crippen molar-refractivity contribution < 1.29 is 14.3 Å². The normalized spacial score (nSPS) is 19.5. The van der Waals surface area contributed by atoms with Gasteiger partial charge in [-0.25, -0.2) is 0 Å². The van der Waals surface area contributed by atoms with E-state index in [9.17, 15) is 4.79 Å². The van der Waals surface area contributed by atoms with Gasteiger partial charge in [0.1, 0.15) is 6.10 Å². The van der Waals surface area contributed by atoms with Crippen molar-refractivity contribution in [3.05, 3.63) is 29.8 Å². The van der Waals surface area contributed by atoms with Crippen LogP contribution in [0.3, 0.4) is 0 Å². The van der Waals surface area contributed by atoms with Crippen LogP contribution >= 0.6 is 0 Å². The average molecular weight is 250 g/mol. The predicted molar refractivity (Wildman–Crippen MR) is 68.4 cm³/mol. The third kappa shape index (κ3) is 3.53. The molecule has 1 fully saturated rings. The van der Waals surface area contributed by atoms with Gasteiger partial charge in [-0.2, -0.15) is 0 Å². The van der Waals surface area contributed by atoms with E-state index in [1.54, 1.807) is 7.11 Å². The highest BCUT2D eigenvalue weighted by molar-refractivity contribution is 5.94. The van der Waals surface area contributed by atoms with E-state index in [1.807, 2.05) is 24.3 Å². The summed E-state index contributed by atoms with van der Waals surface area (Å²) < 4.78 is 10.4. The molecule has 1 atom stereocenters. The summed E-state index contributed by atoms with van der Waals surface area (Å²) in [6.45, 7) is 2.46. The molecule has 0 radical (unpaired) electrons. The van der Waals surface area contributed by atoms with Gasteiger partial charge < -0.3 is 20.1 Å². The van der Waals surface area contributed by atoms with Gasteiger partial charge >= 0.3 is 0 Å². The lowest BCUT2D eigenvalue weighted by Gasteiger charge is -2.22. The Balaban J connectivity index is 1.95. The van der Waals surface area contributed by atoms with E-state index < -0.39 is 6.10 Å². The van der Waals surface area contributed by atoms with E-state index in [0.717, 1.165) is 17.8 Å². The van der Waals surface area contributed by atoms with Gasteiger partial charge in [-0.1, -0.05) is 12.1 Å². The SMILES string of the molecule is COCc1cccc(NC(=O)C2CNCCO2)c1. The summed E-state index contributed by atoms with van der Waals surface area (Å²) in [6, 6.07) is 7.60. The molecule has 1 amide bonds. The molecule has 2 rings (SSSR count). The maximum absolute atomic E-state index is 11.9. The number of nitrogens with one attached hydrogen (secondary N) is 2. The zero-order valence-corrected chi connectivity index (χ0v) is 10.4. The van der Waals surface area contributed by atoms with Crippen LogP contribution < -0.4 is 10.6 Å². The van der Waals surface area contributed by atoms with Crippen molar-refractivity contribution in [2.45, 2.75) is 12.7 Å². The molecule has 98 valence electrons. The van der Waals surface area contributed by atoms with Crippen LogP contribution in [0, 0.1) is 0 Å². The molecule has 0 spiro atoms. The van der Waals surface area contributed by atoms with Gasteiger partial charge in [0.2, 0.25) is 0 Å². The Kier molecular flexibility index (Phi) is 4.69. The number of morpholine rings is 1. The average Bonchev–Trinajstić information content (AvgIpc) is 2.40. The van der Waals surface area contributed by atoms with Crippen LogP contribution in [0.1, 0.15) is 5.56 Å². The van der Waals surface area contributed by atoms with Crippen molar-refractivity contribution >= 4 is 11.6 Å². The minimum Gasteiger partial charge on any atom is -0.380 e. The highest BCUT2D eigenvalue weighted by Gasteiger charge is 2.21. The zero-order chi connectivity index (χ0) is 12.8. The third-order valence-corrected chi connectivity index (χ3v) is 2.73. The van der Waals surface area contributed by atoms with Crippen LogP contribution in [0.5, 0.6) is 0 Å². The van der Waals surface area contributed by atoms with Crippen molar-refractivity contribution in [3.63, 3.8) is 0 Å². The Labute approximate surface area is 106 Å². The lowest BCUT2D eigenvalue weighted by molar-refractivity contribution is -0.128. The van der Waals surface area contributed by atoms with Crippen LogP contribution in [-0.4, -0.2) is 38.8 Å². The summed E-state index contributed by atoms with van der Waals surface area (Å²) in [5.41, 5.74) is 1.79. The lowest BCUT2D eigenvalue weighted by Crippen LogP contribution is -2.45. The third-order valence-electron chi connectivity index (χ3n) is 2.73. The number of ether oxygens (including phenoxy) is 2. The Morgan fingerprint density at radius 3 is 3.22 bits per heavy atom. The number of hydrogen-bond donors (Lipinski definition) is 2. The lowest BCUT2D eigenvalue weighted by atomic mass is 10.2. The quantitative estimate of drug-likeness (QED) is 0.828. The molecule has 18 heavy (non-hydrogen) atoms. The van der Waals surface area contributed by atoms with E-state index in [-0.39, 0.29) is 5.91 Å². The number of anilines is 1. The van der Waals surface area contributed by atoms with Gasteiger partial charge in [-0.3, -0.25) is 4.79 Å². The Morgan fingerprint density at radius 2 is 2.50 bits per heavy atom. The molecule has 1 unspecified atom stereocenters. The summed E-state index contributed by atoms with van der Waals surface area (Å²) in [6.07, 6.45) is -0.412. The number of amides is 1. The predicted octanol–water partition coefficient (Wildman–Crippen LogP) is 0.760. The molecule has 0 saturated carbocycles. The fraction of sp³-hybridized carbons (Fsp3) is 0.462. The first-order valence-corrected chi connectivity index (χ1v) is 6.00. The van der Waals surface area contributed by atoms with Gasteiger partial charge in [0.25, 0.3) is 5.91 Å². The Morgan fingerprint density at radius 1 is 1.61 bits per heavy atom. The molecule has 5 heteroatoms. The second-order valence-electron chi connectivity index (χ2n) is 4.19. The molecule has 0 bridgehead atoms. The molecule has 1 aromatic carbocycles. The second kappa shape index (κ2) is 6.49. The standard InChI is InChI=1S/C13H18N2O3/c1-17-9-10-3-2-4-11(7-10)15-13(16)12-8-14-5-6-18-12/h2-4,7,12,14H,5-6,8-9H2,1H3,(H,15,16). The van der Waals surface area contributed by atoms with Gasteiger partial charge in [-0.05, 0) is 17.7 Å². The maximum Gasteiger partial charge on any atom is 0.254 e. The number of benzene rings is 1. The zero-order valence-electron chi connectivity index (χ0n) is 10.4. The summed E-state index contributed by atoms with van der Waals surface area (Å²) in [5, 5.41) is 5.98. The maximum atomic E-state index is 11.9. The first-order valence-electron chi connectivity index (χ1n) is 6.00. The molecule has 2 N–H and O–H groups in total. The van der Waals surface area contributed by atoms with Gasteiger partial charge in [0, 0.05) is 25.9 Å². The smallest absolute Gasteiger partial charge is 0.254 e. The molecule has 1 saturated heterocycles.